The van der Waals surface area contributed by atoms with Gasteiger partial charge in [0.2, 0.25) is 0 Å². The van der Waals surface area contributed by atoms with E-state index in [1.807, 2.05) is 0 Å². The smallest absolute Gasteiger partial charge is 0.473 e. The van der Waals surface area contributed by atoms with Crippen LogP contribution < -0.4 is 0 Å². The molecule has 2 N–H and O–H groups in total. The van der Waals surface area contributed by atoms with Crippen molar-refractivity contribution in [2.75, 3.05) is 0 Å². The standard InChI is InChI=1S/C2H2O4.Fe/c3-1(4)2(5)6;/h(H,3,4)(H,5,6);/q;+3. The molecule has 1 radical (unpaired) electrons. The molecular formula is C2H2FeO4+3. The maximum absolute atomic E-state index is 9.10. The number of rotatable bonds is 0. The van der Waals surface area contributed by atoms with Crippen molar-refractivity contribution in [1.82, 2.24) is 0 Å². The Hall–Kier alpha value is -0.541. The summed E-state index contributed by atoms with van der Waals surface area (Å²) in [5, 5.41) is 14.8. The first-order chi connectivity index (χ1) is 2.64. The predicted octanol–water partition coefficient (Wildman–Crippen LogP) is -0.847. The summed E-state index contributed by atoms with van der Waals surface area (Å²) in [6.07, 6.45) is 0. The summed E-state index contributed by atoms with van der Waals surface area (Å²) in [5.74, 6) is -3.65. The number of carboxylic acid groups (broad SMARTS) is 2. The molecule has 0 aliphatic rings. The van der Waals surface area contributed by atoms with Gasteiger partial charge in [0, 0.05) is 0 Å². The Kier molecular flexibility index (Phi) is 5.04. The summed E-state index contributed by atoms with van der Waals surface area (Å²) in [6, 6.07) is 0. The summed E-state index contributed by atoms with van der Waals surface area (Å²) in [7, 11) is 0. The van der Waals surface area contributed by atoms with Crippen molar-refractivity contribution < 1.29 is 36.9 Å². The summed E-state index contributed by atoms with van der Waals surface area (Å²) in [5.41, 5.74) is 0. The molecule has 4 nitrogen and oxygen atoms in total. The van der Waals surface area contributed by atoms with E-state index in [0.717, 1.165) is 0 Å². The Bertz CT molecular complexity index is 75.7. The Morgan fingerprint density at radius 1 is 1.00 bits per heavy atom. The van der Waals surface area contributed by atoms with Gasteiger partial charge in [-0.2, -0.15) is 0 Å². The van der Waals surface area contributed by atoms with Crippen molar-refractivity contribution in [1.29, 1.82) is 0 Å². The quantitative estimate of drug-likeness (QED) is 0.344. The van der Waals surface area contributed by atoms with Crippen LogP contribution in [0.25, 0.3) is 0 Å². The third-order valence-electron chi connectivity index (χ3n) is 0.183. The molecule has 0 saturated heterocycles. The molecule has 0 aromatic heterocycles. The van der Waals surface area contributed by atoms with Crippen LogP contribution in [-0.2, 0) is 26.7 Å². The first-order valence-electron chi connectivity index (χ1n) is 1.11. The zero-order valence-corrected chi connectivity index (χ0v) is 4.17. The van der Waals surface area contributed by atoms with Gasteiger partial charge in [0.05, 0.1) is 0 Å². The van der Waals surface area contributed by atoms with E-state index in [-0.39, 0.29) is 17.1 Å². The molecule has 0 aliphatic carbocycles. The van der Waals surface area contributed by atoms with Crippen LogP contribution in [0.2, 0.25) is 0 Å². The molecule has 0 spiro atoms. The van der Waals surface area contributed by atoms with E-state index in [1.54, 1.807) is 0 Å². The Balaban J connectivity index is 0. The zero-order valence-electron chi connectivity index (χ0n) is 3.06. The van der Waals surface area contributed by atoms with Crippen LogP contribution in [0.1, 0.15) is 0 Å². The van der Waals surface area contributed by atoms with Gasteiger partial charge in [0.25, 0.3) is 0 Å². The van der Waals surface area contributed by atoms with Gasteiger partial charge in [-0.15, -0.1) is 0 Å². The van der Waals surface area contributed by atoms with Gasteiger partial charge in [-0.25, -0.2) is 9.59 Å². The number of carboxylic acids is 2. The average Bonchev–Trinajstić information content (AvgIpc) is 1.36. The Morgan fingerprint density at radius 3 is 1.14 bits per heavy atom. The number of hydrogen-bond acceptors (Lipinski definition) is 2. The Morgan fingerprint density at radius 2 is 1.14 bits per heavy atom. The summed E-state index contributed by atoms with van der Waals surface area (Å²) < 4.78 is 0. The molecular weight excluding hydrogens is 144 g/mol. The minimum atomic E-state index is -1.82. The molecule has 0 fully saturated rings. The SMILES string of the molecule is O=C(O)C(=O)O.[Fe+3]. The topological polar surface area (TPSA) is 74.6 Å². The second kappa shape index (κ2) is 3.64. The van der Waals surface area contributed by atoms with Crippen LogP contribution in [0.5, 0.6) is 0 Å². The third kappa shape index (κ3) is 5.46. The fourth-order valence-corrected chi connectivity index (χ4v) is 0. The van der Waals surface area contributed by atoms with Gasteiger partial charge in [-0.3, -0.25) is 0 Å². The van der Waals surface area contributed by atoms with Crippen molar-refractivity contribution in [2.45, 2.75) is 0 Å². The molecule has 7 heavy (non-hydrogen) atoms. The van der Waals surface area contributed by atoms with Crippen LogP contribution in [0.15, 0.2) is 0 Å². The van der Waals surface area contributed by atoms with E-state index >= 15 is 0 Å². The van der Waals surface area contributed by atoms with Crippen molar-refractivity contribution in [3.8, 4) is 0 Å². The van der Waals surface area contributed by atoms with E-state index in [4.69, 9.17) is 19.8 Å². The summed E-state index contributed by atoms with van der Waals surface area (Å²) in [6.45, 7) is 0. The first kappa shape index (κ1) is 9.68. The molecule has 0 amide bonds. The summed E-state index contributed by atoms with van der Waals surface area (Å²) >= 11 is 0. The van der Waals surface area contributed by atoms with Crippen molar-refractivity contribution >= 4 is 11.9 Å². The van der Waals surface area contributed by atoms with E-state index in [1.165, 1.54) is 0 Å². The van der Waals surface area contributed by atoms with Crippen LogP contribution in [0, 0.1) is 0 Å². The second-order valence-electron chi connectivity index (χ2n) is 0.610. The largest absolute Gasteiger partial charge is 3.00 e. The third-order valence-corrected chi connectivity index (χ3v) is 0.183. The van der Waals surface area contributed by atoms with Crippen molar-refractivity contribution in [3.63, 3.8) is 0 Å². The molecule has 0 unspecified atom stereocenters. The van der Waals surface area contributed by atoms with Gasteiger partial charge in [0.1, 0.15) is 0 Å². The minimum Gasteiger partial charge on any atom is -0.473 e. The van der Waals surface area contributed by atoms with E-state index in [9.17, 15) is 0 Å². The fourth-order valence-electron chi connectivity index (χ4n) is 0. The maximum atomic E-state index is 9.10. The monoisotopic (exact) mass is 146 g/mol. The molecule has 0 aliphatic heterocycles. The molecule has 0 aromatic rings. The molecule has 0 rings (SSSR count). The molecule has 0 bridgehead atoms. The van der Waals surface area contributed by atoms with Crippen LogP contribution in [-0.4, -0.2) is 22.2 Å². The number of aliphatic carboxylic acids is 2. The molecule has 5 heteroatoms. The normalized spacial score (nSPS) is 6.29. The van der Waals surface area contributed by atoms with Gasteiger partial charge in [-0.05, 0) is 0 Å². The number of carbonyl (C=O) groups is 2. The second-order valence-corrected chi connectivity index (χ2v) is 0.610. The molecule has 0 saturated carbocycles. The van der Waals surface area contributed by atoms with E-state index in [0.29, 0.717) is 0 Å². The fraction of sp³-hybridized carbons (Fsp3) is 0. The predicted molar refractivity (Wildman–Crippen MR) is 15.3 cm³/mol. The van der Waals surface area contributed by atoms with Crippen molar-refractivity contribution in [3.05, 3.63) is 0 Å². The van der Waals surface area contributed by atoms with Crippen LogP contribution in [0.4, 0.5) is 0 Å². The van der Waals surface area contributed by atoms with Crippen LogP contribution >= 0.6 is 0 Å². The molecule has 39 valence electrons. The molecule has 0 aromatic carbocycles. The molecule has 0 heterocycles. The number of hydrogen-bond donors (Lipinski definition) is 2. The summed E-state index contributed by atoms with van der Waals surface area (Å²) in [4.78, 5) is 18.2. The first-order valence-corrected chi connectivity index (χ1v) is 1.11. The van der Waals surface area contributed by atoms with Gasteiger partial charge >= 0.3 is 29.0 Å². The van der Waals surface area contributed by atoms with Gasteiger partial charge in [0.15, 0.2) is 0 Å². The van der Waals surface area contributed by atoms with Gasteiger partial charge in [-0.1, -0.05) is 0 Å². The minimum absolute atomic E-state index is 0. The van der Waals surface area contributed by atoms with Crippen molar-refractivity contribution in [2.24, 2.45) is 0 Å². The Labute approximate surface area is 49.6 Å². The van der Waals surface area contributed by atoms with E-state index < -0.39 is 11.9 Å². The van der Waals surface area contributed by atoms with Gasteiger partial charge < -0.3 is 10.2 Å². The maximum Gasteiger partial charge on any atom is 3.00 e. The zero-order chi connectivity index (χ0) is 5.15. The van der Waals surface area contributed by atoms with E-state index in [2.05, 4.69) is 0 Å². The molecule has 0 atom stereocenters. The van der Waals surface area contributed by atoms with Crippen LogP contribution in [0.3, 0.4) is 0 Å². The average molecular weight is 146 g/mol.